The maximum Gasteiger partial charge on any atom is 0.190 e. The number of aryl methyl sites for hydroxylation is 2. The lowest BCUT2D eigenvalue weighted by molar-refractivity contribution is -0.732. The highest BCUT2D eigenvalue weighted by atomic mass is 35.5. The van der Waals surface area contributed by atoms with Gasteiger partial charge in [-0.25, -0.2) is 0 Å². The largest absolute Gasteiger partial charge is 1.00 e. The van der Waals surface area contributed by atoms with Crippen molar-refractivity contribution in [1.29, 1.82) is 0 Å². The molecule has 1 nitrogen and oxygen atoms in total. The predicted octanol–water partition coefficient (Wildman–Crippen LogP) is 3.02. The molecule has 0 radical (unpaired) electrons. The highest BCUT2D eigenvalue weighted by Gasteiger charge is 2.59. The molecule has 4 aromatic rings. The van der Waals surface area contributed by atoms with Crippen LogP contribution in [0.4, 0.5) is 0 Å². The van der Waals surface area contributed by atoms with Gasteiger partial charge in [0.2, 0.25) is 0 Å². The van der Waals surface area contributed by atoms with Crippen LogP contribution in [0.1, 0.15) is 57.5 Å². The molecule has 1 aromatic heterocycles. The molecule has 2 heteroatoms. The molecule has 2 unspecified atom stereocenters. The van der Waals surface area contributed by atoms with Crippen LogP contribution in [0.15, 0.2) is 97.2 Å². The van der Waals surface area contributed by atoms with E-state index in [4.69, 9.17) is 0 Å². The normalized spacial score (nSPS) is 19.8. The van der Waals surface area contributed by atoms with E-state index in [0.29, 0.717) is 12.0 Å². The summed E-state index contributed by atoms with van der Waals surface area (Å²) in [6.45, 7) is 4.35. The number of nitrogens with zero attached hydrogens (tertiary/aromatic N) is 1. The van der Waals surface area contributed by atoms with Crippen LogP contribution < -0.4 is 17.0 Å². The van der Waals surface area contributed by atoms with Crippen LogP contribution >= 0.6 is 0 Å². The molecule has 3 aromatic carbocycles. The smallest absolute Gasteiger partial charge is 0.190 e. The Kier molecular flexibility index (Phi) is 4.75. The lowest BCUT2D eigenvalue weighted by atomic mass is 9.53. The minimum Gasteiger partial charge on any atom is -1.00 e. The number of hydrogen-bond donors (Lipinski definition) is 0. The number of pyridine rings is 1. The van der Waals surface area contributed by atoms with Gasteiger partial charge in [-0.3, -0.25) is 0 Å². The number of rotatable bonds is 2. The first-order chi connectivity index (χ1) is 14.7. The molecule has 2 atom stereocenters. The van der Waals surface area contributed by atoms with Crippen molar-refractivity contribution in [1.82, 2.24) is 0 Å². The molecule has 2 aliphatic heterocycles. The second kappa shape index (κ2) is 7.35. The first-order valence-corrected chi connectivity index (χ1v) is 10.9. The van der Waals surface area contributed by atoms with E-state index in [2.05, 4.69) is 116 Å². The lowest BCUT2D eigenvalue weighted by Gasteiger charge is -2.50. The van der Waals surface area contributed by atoms with E-state index in [1.54, 1.807) is 0 Å². The topological polar surface area (TPSA) is 3.88 Å². The van der Waals surface area contributed by atoms with Gasteiger partial charge in [0.1, 0.15) is 0 Å². The Morgan fingerprint density at radius 2 is 1.23 bits per heavy atom. The number of fused-ring (bicyclic) bond motifs is 1. The van der Waals surface area contributed by atoms with Crippen molar-refractivity contribution in [3.63, 3.8) is 0 Å². The SMILES string of the molecule is Cc1ccc(C2(c3ccc(C)cc3)CC3c4ccccc4C2c2cccc[n+]23)cc1.[Cl-]. The fourth-order valence-corrected chi connectivity index (χ4v) is 5.97. The molecule has 0 spiro atoms. The maximum absolute atomic E-state index is 2.52. The summed E-state index contributed by atoms with van der Waals surface area (Å²) >= 11 is 0. The van der Waals surface area contributed by atoms with Crippen LogP contribution in [0.2, 0.25) is 0 Å². The summed E-state index contributed by atoms with van der Waals surface area (Å²) in [6, 6.07) is 34.7. The summed E-state index contributed by atoms with van der Waals surface area (Å²) in [5.41, 5.74) is 9.81. The van der Waals surface area contributed by atoms with Crippen molar-refractivity contribution in [2.45, 2.75) is 37.6 Å². The molecule has 0 amide bonds. The molecule has 3 heterocycles. The van der Waals surface area contributed by atoms with Gasteiger partial charge in [0.25, 0.3) is 0 Å². The monoisotopic (exact) mass is 423 g/mol. The zero-order valence-corrected chi connectivity index (χ0v) is 18.7. The minimum absolute atomic E-state index is 0. The van der Waals surface area contributed by atoms with E-state index >= 15 is 0 Å². The molecular formula is C29H26ClN. The quantitative estimate of drug-likeness (QED) is 0.436. The zero-order chi connectivity index (χ0) is 20.3. The summed E-state index contributed by atoms with van der Waals surface area (Å²) < 4.78 is 2.52. The fraction of sp³-hybridized carbons (Fsp3) is 0.207. The van der Waals surface area contributed by atoms with Crippen LogP contribution in [0, 0.1) is 13.8 Å². The fourth-order valence-electron chi connectivity index (χ4n) is 5.97. The summed E-state index contributed by atoms with van der Waals surface area (Å²) in [6.07, 6.45) is 3.36. The Morgan fingerprint density at radius 1 is 0.677 bits per heavy atom. The first kappa shape index (κ1) is 20.0. The van der Waals surface area contributed by atoms with E-state index in [9.17, 15) is 0 Å². The highest BCUT2D eigenvalue weighted by Crippen LogP contribution is 2.59. The summed E-state index contributed by atoms with van der Waals surface area (Å²) in [5.74, 6) is 0.297. The highest BCUT2D eigenvalue weighted by molar-refractivity contribution is 5.55. The molecule has 0 fully saturated rings. The van der Waals surface area contributed by atoms with Crippen LogP contribution in [0.5, 0.6) is 0 Å². The zero-order valence-electron chi connectivity index (χ0n) is 17.9. The van der Waals surface area contributed by atoms with E-state index in [1.807, 2.05) is 0 Å². The first-order valence-electron chi connectivity index (χ1n) is 10.9. The third kappa shape index (κ3) is 2.80. The van der Waals surface area contributed by atoms with Gasteiger partial charge in [0.15, 0.2) is 17.9 Å². The Morgan fingerprint density at radius 3 is 1.84 bits per heavy atom. The molecule has 7 rings (SSSR count). The third-order valence-electron chi connectivity index (χ3n) is 7.36. The van der Waals surface area contributed by atoms with Gasteiger partial charge in [-0.1, -0.05) is 90.0 Å². The number of halogens is 1. The standard InChI is InChI=1S/C29H26N.ClH/c1-20-10-14-22(15-11-20)29(23-16-12-21(2)13-17-23)19-27-24-7-3-4-8-25(24)28(29)26-9-5-6-18-30(26)27;/h3-18,27-28H,19H2,1-2H3;1H/q+1;/p-1. The van der Waals surface area contributed by atoms with Crippen LogP contribution in [0.3, 0.4) is 0 Å². The molecule has 31 heavy (non-hydrogen) atoms. The second-order valence-electron chi connectivity index (χ2n) is 9.02. The number of benzene rings is 3. The molecule has 154 valence electrons. The average Bonchev–Trinajstić information content (AvgIpc) is 2.80. The van der Waals surface area contributed by atoms with Crippen molar-refractivity contribution in [3.8, 4) is 0 Å². The third-order valence-corrected chi connectivity index (χ3v) is 7.36. The second-order valence-corrected chi connectivity index (χ2v) is 9.02. The Bertz CT molecular complexity index is 1150. The number of aromatic nitrogens is 1. The van der Waals surface area contributed by atoms with E-state index in [-0.39, 0.29) is 17.8 Å². The van der Waals surface area contributed by atoms with Gasteiger partial charge in [0, 0.05) is 29.5 Å². The maximum atomic E-state index is 2.52. The van der Waals surface area contributed by atoms with Gasteiger partial charge in [-0.2, -0.15) is 4.57 Å². The predicted molar refractivity (Wildman–Crippen MR) is 121 cm³/mol. The molecular weight excluding hydrogens is 398 g/mol. The summed E-state index contributed by atoms with van der Waals surface area (Å²) in [5, 5.41) is 0. The van der Waals surface area contributed by atoms with Crippen LogP contribution in [-0.2, 0) is 5.41 Å². The van der Waals surface area contributed by atoms with Crippen LogP contribution in [0.25, 0.3) is 0 Å². The van der Waals surface area contributed by atoms with Gasteiger partial charge < -0.3 is 12.4 Å². The van der Waals surface area contributed by atoms with Crippen molar-refractivity contribution in [2.75, 3.05) is 0 Å². The molecule has 2 bridgehead atoms. The van der Waals surface area contributed by atoms with Gasteiger partial charge in [-0.05, 0) is 30.5 Å². The van der Waals surface area contributed by atoms with E-state index < -0.39 is 0 Å². The summed E-state index contributed by atoms with van der Waals surface area (Å²) in [7, 11) is 0. The van der Waals surface area contributed by atoms with Crippen LogP contribution in [-0.4, -0.2) is 0 Å². The van der Waals surface area contributed by atoms with Gasteiger partial charge in [-0.15, -0.1) is 0 Å². The molecule has 3 aliphatic rings. The molecule has 0 saturated carbocycles. The summed E-state index contributed by atoms with van der Waals surface area (Å²) in [4.78, 5) is 0. The molecule has 0 saturated heterocycles. The molecule has 0 N–H and O–H groups in total. The Balaban J connectivity index is 0.00000204. The van der Waals surface area contributed by atoms with Gasteiger partial charge >= 0.3 is 0 Å². The average molecular weight is 424 g/mol. The number of hydrogen-bond acceptors (Lipinski definition) is 0. The van der Waals surface area contributed by atoms with Crippen molar-refractivity contribution in [3.05, 3.63) is 136 Å². The van der Waals surface area contributed by atoms with Crippen molar-refractivity contribution >= 4 is 0 Å². The Labute approximate surface area is 190 Å². The Hall–Kier alpha value is -2.90. The van der Waals surface area contributed by atoms with E-state index in [1.165, 1.54) is 39.1 Å². The van der Waals surface area contributed by atoms with Gasteiger partial charge in [0.05, 0.1) is 5.92 Å². The van der Waals surface area contributed by atoms with E-state index in [0.717, 1.165) is 6.42 Å². The lowest BCUT2D eigenvalue weighted by Crippen LogP contribution is -3.00. The minimum atomic E-state index is -0.0677. The molecule has 1 aliphatic carbocycles. The van der Waals surface area contributed by atoms with Crippen molar-refractivity contribution < 1.29 is 17.0 Å². The van der Waals surface area contributed by atoms with Crippen molar-refractivity contribution in [2.24, 2.45) is 0 Å².